The summed E-state index contributed by atoms with van der Waals surface area (Å²) in [4.78, 5) is 58.9. The number of rotatable bonds is 4. The molecule has 3 heterocycles. The molecular weight excluding hydrogens is 366 g/mol. The first kappa shape index (κ1) is 18.9. The molecule has 5 atom stereocenters. The van der Waals surface area contributed by atoms with Crippen LogP contribution in [-0.4, -0.2) is 56.8 Å². The highest BCUT2D eigenvalue weighted by Crippen LogP contribution is 2.44. The van der Waals surface area contributed by atoms with Gasteiger partial charge < -0.3 is 18.9 Å². The molecule has 2 aliphatic rings. The quantitative estimate of drug-likeness (QED) is 0.435. The van der Waals surface area contributed by atoms with E-state index in [1.165, 1.54) is 14.0 Å². The van der Waals surface area contributed by atoms with Crippen LogP contribution in [0, 0.1) is 0 Å². The number of aromatic nitrogens is 3. The van der Waals surface area contributed by atoms with Gasteiger partial charge in [-0.15, -0.1) is 0 Å². The molecule has 0 spiro atoms. The minimum atomic E-state index is -1.14. The van der Waals surface area contributed by atoms with Crippen LogP contribution in [0.4, 0.5) is 0 Å². The molecule has 0 aliphatic carbocycles. The Morgan fingerprint density at radius 2 is 1.48 bits per heavy atom. The van der Waals surface area contributed by atoms with Crippen LogP contribution in [0.25, 0.3) is 0 Å². The van der Waals surface area contributed by atoms with Crippen LogP contribution in [-0.2, 0) is 40.4 Å². The van der Waals surface area contributed by atoms with E-state index < -0.39 is 59.9 Å². The summed E-state index contributed by atoms with van der Waals surface area (Å²) in [6, 6.07) is -0.867. The molecule has 0 radical (unpaired) electrons. The van der Waals surface area contributed by atoms with Crippen molar-refractivity contribution in [1.29, 1.82) is 0 Å². The van der Waals surface area contributed by atoms with E-state index in [1.54, 1.807) is 0 Å². The zero-order valence-electron chi connectivity index (χ0n) is 15.1. The smallest absolute Gasteiger partial charge is 0.349 e. The molecule has 0 aromatic carbocycles. The molecule has 0 N–H and O–H groups in total. The highest BCUT2D eigenvalue weighted by atomic mass is 16.6. The number of ether oxygens (including phenoxy) is 4. The average Bonchev–Trinajstić information content (AvgIpc) is 2.72. The maximum Gasteiger partial charge on any atom is 0.349 e. The summed E-state index contributed by atoms with van der Waals surface area (Å²) in [7, 11) is 1.30. The summed E-state index contributed by atoms with van der Waals surface area (Å²) < 4.78 is 24.4. The molecule has 148 valence electrons. The third kappa shape index (κ3) is 3.05. The first-order valence-electron chi connectivity index (χ1n) is 8.16. The van der Waals surface area contributed by atoms with Gasteiger partial charge in [0.2, 0.25) is 0 Å². The van der Waals surface area contributed by atoms with Crippen molar-refractivity contribution in [3.05, 3.63) is 21.0 Å². The monoisotopic (exact) mass is 385 g/mol. The molecule has 0 saturated carbocycles. The largest absolute Gasteiger partial charge is 0.463 e. The molecular formula is C15H19N3O9. The van der Waals surface area contributed by atoms with Crippen molar-refractivity contribution in [3.63, 3.8) is 0 Å². The standard InChI is InChI=1S/C15H19N3O9/c1-6(19)24-5-9-11(25-7(2)20)12(26-8(3)21)10-13(27-9)18-15(23)16(4)14(22)17(10)18/h9-13H,5H2,1-4H3/t9-,10-,11-,12-,13+/m1/s1. The van der Waals surface area contributed by atoms with Gasteiger partial charge in [-0.05, 0) is 0 Å². The summed E-state index contributed by atoms with van der Waals surface area (Å²) >= 11 is 0. The minimum Gasteiger partial charge on any atom is -0.463 e. The van der Waals surface area contributed by atoms with E-state index in [0.717, 1.165) is 27.8 Å². The molecule has 1 fully saturated rings. The van der Waals surface area contributed by atoms with Crippen LogP contribution in [0.5, 0.6) is 0 Å². The fourth-order valence-electron chi connectivity index (χ4n) is 3.37. The Morgan fingerprint density at radius 1 is 0.926 bits per heavy atom. The summed E-state index contributed by atoms with van der Waals surface area (Å²) in [6.07, 6.45) is -4.18. The van der Waals surface area contributed by atoms with Gasteiger partial charge in [-0.25, -0.2) is 18.8 Å². The third-order valence-electron chi connectivity index (χ3n) is 4.41. The van der Waals surface area contributed by atoms with Crippen molar-refractivity contribution in [2.45, 2.75) is 51.4 Å². The van der Waals surface area contributed by atoms with E-state index >= 15 is 0 Å². The highest BCUT2D eigenvalue weighted by Gasteiger charge is 2.59. The van der Waals surface area contributed by atoms with Gasteiger partial charge in [-0.3, -0.25) is 14.4 Å². The third-order valence-corrected chi connectivity index (χ3v) is 4.41. The lowest BCUT2D eigenvalue weighted by atomic mass is 9.93. The molecule has 1 aromatic rings. The second-order valence-electron chi connectivity index (χ2n) is 6.32. The van der Waals surface area contributed by atoms with E-state index in [2.05, 4.69) is 0 Å². The fraction of sp³-hybridized carbons (Fsp3) is 0.667. The van der Waals surface area contributed by atoms with Crippen LogP contribution in [0.1, 0.15) is 33.0 Å². The SMILES string of the molecule is CC(=O)OC[C@H]1O[C@H]2[C@@H]([C@@H](OC(C)=O)[C@@H]1OC(C)=O)n1c(=O)n(C)c(=O)n12. The molecule has 1 aromatic heterocycles. The molecule has 1 saturated heterocycles. The molecule has 2 aliphatic heterocycles. The van der Waals surface area contributed by atoms with Crippen molar-refractivity contribution in [2.24, 2.45) is 7.05 Å². The zero-order chi connectivity index (χ0) is 20.0. The fourth-order valence-corrected chi connectivity index (χ4v) is 3.37. The van der Waals surface area contributed by atoms with E-state index in [9.17, 15) is 24.0 Å². The summed E-state index contributed by atoms with van der Waals surface area (Å²) in [6.45, 7) is 3.22. The number of carbonyl (C=O) groups excluding carboxylic acids is 3. The van der Waals surface area contributed by atoms with Crippen LogP contribution in [0.15, 0.2) is 9.59 Å². The van der Waals surface area contributed by atoms with Gasteiger partial charge in [0.15, 0.2) is 18.4 Å². The molecule has 0 unspecified atom stereocenters. The van der Waals surface area contributed by atoms with Gasteiger partial charge >= 0.3 is 29.3 Å². The maximum atomic E-state index is 12.3. The number of carbonyl (C=O) groups is 3. The van der Waals surface area contributed by atoms with Gasteiger partial charge in [0.05, 0.1) is 0 Å². The van der Waals surface area contributed by atoms with E-state index in [4.69, 9.17) is 18.9 Å². The van der Waals surface area contributed by atoms with E-state index in [1.807, 2.05) is 0 Å². The van der Waals surface area contributed by atoms with Gasteiger partial charge in [0, 0.05) is 27.8 Å². The van der Waals surface area contributed by atoms with Crippen LogP contribution < -0.4 is 11.4 Å². The van der Waals surface area contributed by atoms with Gasteiger partial charge in [0.25, 0.3) is 0 Å². The second kappa shape index (κ2) is 6.68. The first-order chi connectivity index (χ1) is 12.6. The maximum absolute atomic E-state index is 12.3. The highest BCUT2D eigenvalue weighted by molar-refractivity contribution is 5.68. The lowest BCUT2D eigenvalue weighted by Crippen LogP contribution is -2.65. The number of hydrogen-bond donors (Lipinski definition) is 0. The summed E-state index contributed by atoms with van der Waals surface area (Å²) in [5, 5.41) is 0. The normalized spacial score (nSPS) is 28.4. The molecule has 12 heteroatoms. The van der Waals surface area contributed by atoms with Gasteiger partial charge in [0.1, 0.15) is 18.8 Å². The Bertz CT molecular complexity index is 911. The Morgan fingerprint density at radius 3 is 2.04 bits per heavy atom. The summed E-state index contributed by atoms with van der Waals surface area (Å²) in [5.41, 5.74) is -1.23. The molecule has 3 rings (SSSR count). The van der Waals surface area contributed by atoms with Crippen molar-refractivity contribution >= 4 is 17.9 Å². The average molecular weight is 385 g/mol. The zero-order valence-corrected chi connectivity index (χ0v) is 15.1. The lowest BCUT2D eigenvalue weighted by Gasteiger charge is -2.50. The Balaban J connectivity index is 2.04. The Hall–Kier alpha value is -2.89. The van der Waals surface area contributed by atoms with Crippen LogP contribution >= 0.6 is 0 Å². The summed E-state index contributed by atoms with van der Waals surface area (Å²) in [5.74, 6) is -1.94. The Labute approximate surface area is 152 Å². The number of nitrogens with zero attached hydrogens (tertiary/aromatic N) is 3. The Kier molecular flexibility index (Phi) is 4.68. The predicted octanol–water partition coefficient (Wildman–Crippen LogP) is -1.77. The lowest BCUT2D eigenvalue weighted by molar-refractivity contribution is -0.278. The van der Waals surface area contributed by atoms with Gasteiger partial charge in [-0.2, -0.15) is 4.68 Å². The topological polar surface area (TPSA) is 137 Å². The van der Waals surface area contributed by atoms with Crippen molar-refractivity contribution in [2.75, 3.05) is 6.61 Å². The molecule has 27 heavy (non-hydrogen) atoms. The number of fused-ring (bicyclic) bond motifs is 4. The predicted molar refractivity (Wildman–Crippen MR) is 84.6 cm³/mol. The molecule has 0 amide bonds. The second-order valence-corrected chi connectivity index (χ2v) is 6.32. The first-order valence-corrected chi connectivity index (χ1v) is 8.16. The molecule has 12 nitrogen and oxygen atoms in total. The van der Waals surface area contributed by atoms with E-state index in [-0.39, 0.29) is 6.61 Å². The van der Waals surface area contributed by atoms with E-state index in [0.29, 0.717) is 0 Å². The van der Waals surface area contributed by atoms with Gasteiger partial charge in [-0.1, -0.05) is 0 Å². The van der Waals surface area contributed by atoms with Crippen LogP contribution in [0.2, 0.25) is 0 Å². The number of hydrogen-bond acceptors (Lipinski definition) is 9. The van der Waals surface area contributed by atoms with Crippen LogP contribution in [0.3, 0.4) is 0 Å². The van der Waals surface area contributed by atoms with Crippen molar-refractivity contribution < 1.29 is 33.3 Å². The van der Waals surface area contributed by atoms with Crippen molar-refractivity contribution in [1.82, 2.24) is 13.9 Å². The number of esters is 3. The minimum absolute atomic E-state index is 0.292. The van der Waals surface area contributed by atoms with Crippen molar-refractivity contribution in [3.8, 4) is 0 Å². The molecule has 0 bridgehead atoms.